The first kappa shape index (κ1) is 25.6. The maximum atomic E-state index is 12.7. The lowest BCUT2D eigenvalue weighted by molar-refractivity contribution is -0.533. The van der Waals surface area contributed by atoms with E-state index < -0.39 is 40.8 Å². The van der Waals surface area contributed by atoms with E-state index in [0.29, 0.717) is 22.7 Å². The van der Waals surface area contributed by atoms with E-state index in [9.17, 15) is 24.5 Å². The summed E-state index contributed by atoms with van der Waals surface area (Å²) >= 11 is 5.94. The molecule has 1 N–H and O–H groups in total. The van der Waals surface area contributed by atoms with Crippen molar-refractivity contribution >= 4 is 29.9 Å². The molecule has 0 saturated heterocycles. The minimum absolute atomic E-state index is 0.268. The number of ether oxygens (including phenoxy) is 3. The zero-order valence-electron chi connectivity index (χ0n) is 18.1. The van der Waals surface area contributed by atoms with Crippen LogP contribution in [0.2, 0.25) is 5.02 Å². The average molecular weight is 479 g/mol. The van der Waals surface area contributed by atoms with Gasteiger partial charge in [0.1, 0.15) is 11.8 Å². The van der Waals surface area contributed by atoms with Gasteiger partial charge in [-0.05, 0) is 35.4 Å². The predicted octanol–water partition coefficient (Wildman–Crippen LogP) is 2.53. The van der Waals surface area contributed by atoms with E-state index in [1.807, 2.05) is 0 Å². The Bertz CT molecular complexity index is 965. The van der Waals surface area contributed by atoms with Gasteiger partial charge in [0.25, 0.3) is 0 Å². The number of benzene rings is 2. The van der Waals surface area contributed by atoms with E-state index in [2.05, 4.69) is 5.32 Å². The summed E-state index contributed by atoms with van der Waals surface area (Å²) in [5.74, 6) is -4.64. The monoisotopic (exact) mass is 478 g/mol. The van der Waals surface area contributed by atoms with Crippen molar-refractivity contribution in [3.05, 3.63) is 74.8 Å². The van der Waals surface area contributed by atoms with Crippen LogP contribution in [-0.4, -0.2) is 50.6 Å². The molecular formula is C22H23ClN2O8. The Hall–Kier alpha value is -3.66. The van der Waals surface area contributed by atoms with Crippen LogP contribution in [0.4, 0.5) is 0 Å². The van der Waals surface area contributed by atoms with Crippen molar-refractivity contribution in [1.29, 1.82) is 0 Å². The van der Waals surface area contributed by atoms with Crippen LogP contribution in [0.3, 0.4) is 0 Å². The van der Waals surface area contributed by atoms with Crippen molar-refractivity contribution in [2.24, 2.45) is 5.92 Å². The van der Waals surface area contributed by atoms with E-state index in [1.54, 1.807) is 0 Å². The molecule has 0 spiro atoms. The minimum Gasteiger partial charge on any atom is -0.497 e. The number of esters is 2. The van der Waals surface area contributed by atoms with Crippen LogP contribution in [0, 0.1) is 16.0 Å². The second kappa shape index (κ2) is 11.8. The Morgan fingerprint density at radius 2 is 1.48 bits per heavy atom. The number of rotatable bonds is 11. The fourth-order valence-corrected chi connectivity index (χ4v) is 3.78. The zero-order valence-corrected chi connectivity index (χ0v) is 18.9. The van der Waals surface area contributed by atoms with Gasteiger partial charge < -0.3 is 19.5 Å². The largest absolute Gasteiger partial charge is 0.497 e. The van der Waals surface area contributed by atoms with Crippen molar-refractivity contribution < 1.29 is 33.5 Å². The van der Waals surface area contributed by atoms with Crippen LogP contribution in [0.15, 0.2) is 48.5 Å². The highest BCUT2D eigenvalue weighted by atomic mass is 35.5. The Morgan fingerprint density at radius 1 is 0.970 bits per heavy atom. The normalized spacial score (nSPS) is 13.4. The second-order valence-corrected chi connectivity index (χ2v) is 7.35. The van der Waals surface area contributed by atoms with E-state index in [-0.39, 0.29) is 5.56 Å². The lowest BCUT2D eigenvalue weighted by Crippen LogP contribution is -2.47. The molecule has 3 unspecified atom stereocenters. The van der Waals surface area contributed by atoms with Gasteiger partial charge in [-0.25, -0.2) is 0 Å². The van der Waals surface area contributed by atoms with E-state index >= 15 is 0 Å². The lowest BCUT2D eigenvalue weighted by atomic mass is 9.76. The van der Waals surface area contributed by atoms with E-state index in [0.717, 1.165) is 14.2 Å². The molecule has 0 aliphatic rings. The van der Waals surface area contributed by atoms with Crippen LogP contribution in [-0.2, 0) is 23.9 Å². The standard InChI is InChI=1S/C22H23ClN2O8/c1-31-16-10-6-13(7-11-16)17(18(21(27)32-2)22(28)33-3)20(25(29)30)19(24-12-26)14-4-8-15(23)9-5-14/h4-12,17-20H,1-3H3,(H,24,26). The van der Waals surface area contributed by atoms with Gasteiger partial charge >= 0.3 is 11.9 Å². The van der Waals surface area contributed by atoms with Crippen LogP contribution in [0.1, 0.15) is 23.1 Å². The van der Waals surface area contributed by atoms with Crippen LogP contribution >= 0.6 is 11.6 Å². The van der Waals surface area contributed by atoms with E-state index in [4.69, 9.17) is 25.8 Å². The third-order valence-electron chi connectivity index (χ3n) is 5.20. The van der Waals surface area contributed by atoms with Gasteiger partial charge in [-0.1, -0.05) is 35.9 Å². The molecule has 0 saturated carbocycles. The summed E-state index contributed by atoms with van der Waals surface area (Å²) in [5.41, 5.74) is 0.616. The van der Waals surface area contributed by atoms with Gasteiger partial charge in [0.05, 0.1) is 27.2 Å². The molecule has 0 bridgehead atoms. The molecule has 33 heavy (non-hydrogen) atoms. The fraction of sp³-hybridized carbons (Fsp3) is 0.318. The quantitative estimate of drug-likeness (QED) is 0.171. The molecule has 2 rings (SSSR count). The summed E-state index contributed by atoms with van der Waals surface area (Å²) in [5, 5.41) is 15.2. The summed E-state index contributed by atoms with van der Waals surface area (Å²) < 4.78 is 14.7. The lowest BCUT2D eigenvalue weighted by Gasteiger charge is -2.31. The van der Waals surface area contributed by atoms with Crippen molar-refractivity contribution in [3.8, 4) is 5.75 Å². The smallest absolute Gasteiger partial charge is 0.320 e. The number of nitrogens with one attached hydrogen (secondary N) is 1. The highest BCUT2D eigenvalue weighted by Gasteiger charge is 2.51. The average Bonchev–Trinajstić information content (AvgIpc) is 2.82. The summed E-state index contributed by atoms with van der Waals surface area (Å²) in [7, 11) is 3.57. The molecule has 0 aliphatic heterocycles. The molecule has 2 aromatic carbocycles. The van der Waals surface area contributed by atoms with Crippen molar-refractivity contribution in [2.75, 3.05) is 21.3 Å². The second-order valence-electron chi connectivity index (χ2n) is 6.91. The summed E-state index contributed by atoms with van der Waals surface area (Å²) in [6.45, 7) is 0. The predicted molar refractivity (Wildman–Crippen MR) is 117 cm³/mol. The number of nitrogens with zero attached hydrogens (tertiary/aromatic N) is 1. The highest BCUT2D eigenvalue weighted by Crippen LogP contribution is 2.38. The maximum absolute atomic E-state index is 12.7. The van der Waals surface area contributed by atoms with Crippen molar-refractivity contribution in [3.63, 3.8) is 0 Å². The molecule has 10 nitrogen and oxygen atoms in total. The molecule has 0 fully saturated rings. The number of carbonyl (C=O) groups is 3. The number of amides is 1. The Kier molecular flexibility index (Phi) is 9.17. The number of hydrogen-bond acceptors (Lipinski definition) is 8. The minimum atomic E-state index is -1.69. The number of carbonyl (C=O) groups excluding carboxylic acids is 3. The molecule has 176 valence electrons. The first-order chi connectivity index (χ1) is 15.8. The van der Waals surface area contributed by atoms with Crippen LogP contribution < -0.4 is 10.1 Å². The fourth-order valence-electron chi connectivity index (χ4n) is 3.65. The zero-order chi connectivity index (χ0) is 24.5. The number of nitro groups is 1. The number of halogens is 1. The van der Waals surface area contributed by atoms with Gasteiger partial charge in [0.2, 0.25) is 12.5 Å². The number of hydrogen-bond donors (Lipinski definition) is 1. The third-order valence-corrected chi connectivity index (χ3v) is 5.45. The molecule has 0 aromatic heterocycles. The summed E-state index contributed by atoms with van der Waals surface area (Å²) in [6.07, 6.45) is 0.312. The van der Waals surface area contributed by atoms with Gasteiger partial charge in [-0.2, -0.15) is 0 Å². The topological polar surface area (TPSA) is 134 Å². The maximum Gasteiger partial charge on any atom is 0.320 e. The van der Waals surface area contributed by atoms with Gasteiger partial charge in [0.15, 0.2) is 5.92 Å². The molecule has 3 atom stereocenters. The SMILES string of the molecule is COC(=O)C(C(=O)OC)C(c1ccc(OC)cc1)C(C(NC=O)c1ccc(Cl)cc1)[N+](=O)[O-]. The van der Waals surface area contributed by atoms with Crippen LogP contribution in [0.5, 0.6) is 5.75 Å². The van der Waals surface area contributed by atoms with Crippen molar-refractivity contribution in [2.45, 2.75) is 18.0 Å². The molecular weight excluding hydrogens is 456 g/mol. The summed E-state index contributed by atoms with van der Waals surface area (Å²) in [4.78, 5) is 48.5. The van der Waals surface area contributed by atoms with Gasteiger partial charge in [0, 0.05) is 9.95 Å². The van der Waals surface area contributed by atoms with Crippen molar-refractivity contribution in [1.82, 2.24) is 5.32 Å². The molecule has 2 aromatic rings. The van der Waals surface area contributed by atoms with Crippen LogP contribution in [0.25, 0.3) is 0 Å². The Labute approximate surface area is 194 Å². The Morgan fingerprint density at radius 3 is 1.91 bits per heavy atom. The molecule has 1 amide bonds. The van der Waals surface area contributed by atoms with E-state index in [1.165, 1.54) is 55.6 Å². The Balaban J connectivity index is 2.77. The molecule has 0 aliphatic carbocycles. The molecule has 0 heterocycles. The first-order valence-electron chi connectivity index (χ1n) is 9.67. The molecule has 0 radical (unpaired) electrons. The number of methoxy groups -OCH3 is 3. The first-order valence-corrected chi connectivity index (χ1v) is 10.0. The highest BCUT2D eigenvalue weighted by molar-refractivity contribution is 6.30. The summed E-state index contributed by atoms with van der Waals surface area (Å²) in [6, 6.07) is 9.21. The van der Waals surface area contributed by atoms with Gasteiger partial charge in [-0.3, -0.25) is 24.5 Å². The molecule has 11 heteroatoms. The third kappa shape index (κ3) is 5.98. The van der Waals surface area contributed by atoms with Gasteiger partial charge in [-0.15, -0.1) is 0 Å².